The summed E-state index contributed by atoms with van der Waals surface area (Å²) in [5, 5.41) is 0. The van der Waals surface area contributed by atoms with Crippen molar-refractivity contribution in [1.82, 2.24) is 0 Å². The number of rotatable bonds is 3. The lowest BCUT2D eigenvalue weighted by Crippen LogP contribution is -2.16. The normalized spacial score (nSPS) is 25.9. The van der Waals surface area contributed by atoms with Crippen LogP contribution in [0.2, 0.25) is 0 Å². The van der Waals surface area contributed by atoms with Crippen molar-refractivity contribution >= 4 is 5.57 Å². The monoisotopic (exact) mass is 312 g/mol. The maximum atomic E-state index is 2.51. The van der Waals surface area contributed by atoms with Crippen LogP contribution in [0.4, 0.5) is 0 Å². The molecule has 2 atom stereocenters. The molecule has 0 heteroatoms. The van der Waals surface area contributed by atoms with E-state index >= 15 is 0 Å². The molecule has 1 aromatic carbocycles. The number of allylic oxidation sites excluding steroid dienone is 12. The Morgan fingerprint density at radius 3 is 2.50 bits per heavy atom. The minimum absolute atomic E-state index is 0.591. The summed E-state index contributed by atoms with van der Waals surface area (Å²) in [7, 11) is 0. The Labute approximate surface area is 145 Å². The van der Waals surface area contributed by atoms with E-state index in [1.165, 1.54) is 41.5 Å². The molecule has 3 aliphatic carbocycles. The summed E-state index contributed by atoms with van der Waals surface area (Å²) < 4.78 is 0. The van der Waals surface area contributed by atoms with Gasteiger partial charge in [0.1, 0.15) is 0 Å². The fourth-order valence-electron chi connectivity index (χ4n) is 3.93. The third-order valence-electron chi connectivity index (χ3n) is 5.28. The van der Waals surface area contributed by atoms with Gasteiger partial charge >= 0.3 is 0 Å². The van der Waals surface area contributed by atoms with Gasteiger partial charge in [-0.15, -0.1) is 0 Å². The van der Waals surface area contributed by atoms with Crippen LogP contribution in [0, 0.1) is 11.8 Å². The van der Waals surface area contributed by atoms with Gasteiger partial charge in [-0.1, -0.05) is 85.0 Å². The summed E-state index contributed by atoms with van der Waals surface area (Å²) in [6.07, 6.45) is 25.5. The first-order chi connectivity index (χ1) is 11.9. The van der Waals surface area contributed by atoms with Gasteiger partial charge in [0.2, 0.25) is 0 Å². The predicted molar refractivity (Wildman–Crippen MR) is 103 cm³/mol. The van der Waals surface area contributed by atoms with E-state index in [0.29, 0.717) is 11.8 Å². The summed E-state index contributed by atoms with van der Waals surface area (Å²) in [6, 6.07) is 10.8. The Kier molecular flexibility index (Phi) is 4.46. The fraction of sp³-hybridized carbons (Fsp3) is 0.250. The first-order valence-electron chi connectivity index (χ1n) is 9.07. The Morgan fingerprint density at radius 1 is 0.833 bits per heavy atom. The number of benzene rings is 1. The van der Waals surface area contributed by atoms with Gasteiger partial charge in [0.25, 0.3) is 0 Å². The lowest BCUT2D eigenvalue weighted by atomic mass is 9.75. The molecule has 0 spiro atoms. The maximum Gasteiger partial charge on any atom is -0.0118 e. The van der Waals surface area contributed by atoms with Crippen molar-refractivity contribution in [3.8, 4) is 0 Å². The lowest BCUT2D eigenvalue weighted by molar-refractivity contribution is 0.470. The third-order valence-corrected chi connectivity index (χ3v) is 5.28. The van der Waals surface area contributed by atoms with Gasteiger partial charge in [-0.05, 0) is 59.8 Å². The molecule has 0 radical (unpaired) electrons. The van der Waals surface area contributed by atoms with Crippen molar-refractivity contribution in [2.24, 2.45) is 11.8 Å². The number of hydrogen-bond acceptors (Lipinski definition) is 0. The Balaban J connectivity index is 1.70. The van der Waals surface area contributed by atoms with E-state index in [1.54, 1.807) is 0 Å². The zero-order valence-electron chi connectivity index (χ0n) is 14.1. The fourth-order valence-corrected chi connectivity index (χ4v) is 3.93. The van der Waals surface area contributed by atoms with Crippen LogP contribution in [0.5, 0.6) is 0 Å². The van der Waals surface area contributed by atoms with Crippen LogP contribution < -0.4 is 0 Å². The molecule has 0 amide bonds. The molecule has 0 N–H and O–H groups in total. The van der Waals surface area contributed by atoms with Crippen molar-refractivity contribution in [2.75, 3.05) is 0 Å². The van der Waals surface area contributed by atoms with Crippen LogP contribution in [-0.2, 0) is 0 Å². The van der Waals surface area contributed by atoms with E-state index < -0.39 is 0 Å². The molecule has 0 saturated heterocycles. The zero-order valence-corrected chi connectivity index (χ0v) is 14.1. The van der Waals surface area contributed by atoms with Gasteiger partial charge in [0, 0.05) is 0 Å². The summed E-state index contributed by atoms with van der Waals surface area (Å²) in [4.78, 5) is 0. The quantitative estimate of drug-likeness (QED) is 0.603. The SMILES string of the molecule is C1=CCCC(C2=CC(c3ccccc3)=CC(C3C=CC=CC3)C2)=C1. The van der Waals surface area contributed by atoms with Crippen LogP contribution in [-0.4, -0.2) is 0 Å². The standard InChI is InChI=1S/C24H24/c1-4-10-19(11-5-1)22-16-23(20-12-6-2-7-13-20)18-24(17-22)21-14-8-3-9-15-21/h1-8,10-12,14,16-17,20,23H,9,13,15,18H2. The second-order valence-electron chi connectivity index (χ2n) is 6.90. The molecule has 0 heterocycles. The van der Waals surface area contributed by atoms with Gasteiger partial charge in [-0.3, -0.25) is 0 Å². The molecular weight excluding hydrogens is 288 g/mol. The highest BCUT2D eigenvalue weighted by Gasteiger charge is 2.24. The molecule has 2 unspecified atom stereocenters. The summed E-state index contributed by atoms with van der Waals surface area (Å²) >= 11 is 0. The molecule has 0 nitrogen and oxygen atoms in total. The minimum atomic E-state index is 0.591. The predicted octanol–water partition coefficient (Wildman–Crippen LogP) is 6.43. The zero-order chi connectivity index (χ0) is 16.2. The van der Waals surface area contributed by atoms with E-state index in [2.05, 4.69) is 85.0 Å². The average Bonchev–Trinajstić information content (AvgIpc) is 2.70. The van der Waals surface area contributed by atoms with Crippen molar-refractivity contribution in [2.45, 2.75) is 25.7 Å². The van der Waals surface area contributed by atoms with E-state index in [-0.39, 0.29) is 0 Å². The van der Waals surface area contributed by atoms with E-state index in [9.17, 15) is 0 Å². The molecule has 0 aromatic heterocycles. The Hall–Kier alpha value is -2.34. The van der Waals surface area contributed by atoms with Crippen LogP contribution >= 0.6 is 0 Å². The first-order valence-corrected chi connectivity index (χ1v) is 9.07. The second-order valence-corrected chi connectivity index (χ2v) is 6.90. The molecule has 4 rings (SSSR count). The molecule has 0 fully saturated rings. The molecule has 1 aromatic rings. The molecule has 0 bridgehead atoms. The van der Waals surface area contributed by atoms with Crippen LogP contribution in [0.1, 0.15) is 31.2 Å². The second kappa shape index (κ2) is 7.05. The summed E-state index contributed by atoms with van der Waals surface area (Å²) in [5.74, 6) is 1.21. The molecule has 0 saturated carbocycles. The maximum absolute atomic E-state index is 2.51. The van der Waals surface area contributed by atoms with E-state index in [4.69, 9.17) is 0 Å². The summed E-state index contributed by atoms with van der Waals surface area (Å²) in [5.41, 5.74) is 5.79. The highest BCUT2D eigenvalue weighted by Crippen LogP contribution is 2.39. The Bertz CT molecular complexity index is 766. The van der Waals surface area contributed by atoms with Crippen LogP contribution in [0.3, 0.4) is 0 Å². The lowest BCUT2D eigenvalue weighted by Gasteiger charge is -2.29. The van der Waals surface area contributed by atoms with E-state index in [1.807, 2.05) is 0 Å². The van der Waals surface area contributed by atoms with Gasteiger partial charge in [-0.2, -0.15) is 0 Å². The number of hydrogen-bond donors (Lipinski definition) is 0. The van der Waals surface area contributed by atoms with Crippen molar-refractivity contribution in [3.63, 3.8) is 0 Å². The smallest absolute Gasteiger partial charge is 0.0118 e. The van der Waals surface area contributed by atoms with Crippen molar-refractivity contribution < 1.29 is 0 Å². The average molecular weight is 312 g/mol. The summed E-state index contributed by atoms with van der Waals surface area (Å²) in [6.45, 7) is 0. The first kappa shape index (κ1) is 15.2. The molecular formula is C24H24. The third kappa shape index (κ3) is 3.28. The largest absolute Gasteiger partial charge is 0.0842 e. The Morgan fingerprint density at radius 2 is 1.75 bits per heavy atom. The molecule has 3 aliphatic rings. The highest BCUT2D eigenvalue weighted by molar-refractivity contribution is 5.77. The van der Waals surface area contributed by atoms with Gasteiger partial charge in [0.15, 0.2) is 0 Å². The minimum Gasteiger partial charge on any atom is -0.0842 e. The van der Waals surface area contributed by atoms with Crippen molar-refractivity contribution in [3.05, 3.63) is 102 Å². The highest BCUT2D eigenvalue weighted by atomic mass is 14.3. The molecule has 0 aliphatic heterocycles. The topological polar surface area (TPSA) is 0 Å². The van der Waals surface area contributed by atoms with E-state index in [0.717, 1.165) is 6.42 Å². The van der Waals surface area contributed by atoms with Crippen molar-refractivity contribution in [1.29, 1.82) is 0 Å². The van der Waals surface area contributed by atoms with Gasteiger partial charge < -0.3 is 0 Å². The van der Waals surface area contributed by atoms with Crippen LogP contribution in [0.15, 0.2) is 96.2 Å². The van der Waals surface area contributed by atoms with Gasteiger partial charge in [0.05, 0.1) is 0 Å². The molecule has 120 valence electrons. The molecule has 24 heavy (non-hydrogen) atoms. The van der Waals surface area contributed by atoms with Gasteiger partial charge in [-0.25, -0.2) is 0 Å². The van der Waals surface area contributed by atoms with Crippen LogP contribution in [0.25, 0.3) is 5.57 Å².